The van der Waals surface area contributed by atoms with Gasteiger partial charge in [0.15, 0.2) is 0 Å². The van der Waals surface area contributed by atoms with Crippen LogP contribution in [0.1, 0.15) is 66.0 Å². The molecule has 0 amide bonds. The lowest BCUT2D eigenvalue weighted by atomic mass is 10.0. The molecule has 0 heteroatoms. The predicted octanol–water partition coefficient (Wildman–Crippen LogP) is 6.83. The quantitative estimate of drug-likeness (QED) is 0.531. The van der Waals surface area contributed by atoms with Crippen molar-refractivity contribution in [3.63, 3.8) is 0 Å². The fourth-order valence-electron chi connectivity index (χ4n) is 1.21. The number of benzene rings is 1. The van der Waals surface area contributed by atoms with Crippen molar-refractivity contribution in [3.05, 3.63) is 47.5 Å². The highest BCUT2D eigenvalue weighted by atomic mass is 14.0. The van der Waals surface area contributed by atoms with E-state index in [4.69, 9.17) is 0 Å². The maximum atomic E-state index is 3.56. The molecular formula is C20H36. The molecular weight excluding hydrogens is 240 g/mol. The minimum atomic E-state index is 0.811. The van der Waals surface area contributed by atoms with Crippen molar-refractivity contribution in [2.75, 3.05) is 0 Å². The van der Waals surface area contributed by atoms with Gasteiger partial charge in [-0.05, 0) is 51.0 Å². The van der Waals surface area contributed by atoms with Crippen molar-refractivity contribution in [2.24, 2.45) is 11.8 Å². The van der Waals surface area contributed by atoms with Crippen LogP contribution in [0.15, 0.2) is 36.4 Å². The van der Waals surface area contributed by atoms with E-state index in [0.717, 1.165) is 11.8 Å². The van der Waals surface area contributed by atoms with Crippen LogP contribution in [0.25, 0.3) is 0 Å². The molecule has 0 heterocycles. The molecule has 0 aromatic heterocycles. The Balaban J connectivity index is 0. The summed E-state index contributed by atoms with van der Waals surface area (Å²) in [6, 6.07) is 8.85. The van der Waals surface area contributed by atoms with Gasteiger partial charge in [0.2, 0.25) is 0 Å². The zero-order valence-electron chi connectivity index (χ0n) is 15.1. The van der Waals surface area contributed by atoms with Crippen molar-refractivity contribution in [1.82, 2.24) is 0 Å². The van der Waals surface area contributed by atoms with E-state index in [-0.39, 0.29) is 0 Å². The van der Waals surface area contributed by atoms with Gasteiger partial charge in [0.25, 0.3) is 0 Å². The van der Waals surface area contributed by atoms with Crippen LogP contribution in [0.4, 0.5) is 0 Å². The third-order valence-electron chi connectivity index (χ3n) is 2.13. The lowest BCUT2D eigenvalue weighted by molar-refractivity contribution is 0.586. The molecule has 20 heavy (non-hydrogen) atoms. The summed E-state index contributed by atoms with van der Waals surface area (Å²) in [4.78, 5) is 0. The fraction of sp³-hybridized carbons (Fsp3) is 0.600. The number of hydrogen-bond acceptors (Lipinski definition) is 0. The molecule has 0 unspecified atom stereocenters. The predicted molar refractivity (Wildman–Crippen MR) is 95.3 cm³/mol. The van der Waals surface area contributed by atoms with Crippen LogP contribution in [-0.4, -0.2) is 0 Å². The standard InChI is InChI=1S/C12H18.C4H10.C4H8/c1-10(2)4-7-12-8-5-11(3)6-9-12;2*1-4(2)3/h5-6,8-10H,4,7H2,1-3H3;4H,1-3H3;1H2,2-3H3. The fourth-order valence-corrected chi connectivity index (χ4v) is 1.21. The monoisotopic (exact) mass is 276 g/mol. The summed E-state index contributed by atoms with van der Waals surface area (Å²) >= 11 is 0. The molecule has 0 atom stereocenters. The van der Waals surface area contributed by atoms with Gasteiger partial charge in [0.1, 0.15) is 0 Å². The number of rotatable bonds is 3. The summed E-state index contributed by atoms with van der Waals surface area (Å²) in [5, 5.41) is 0. The number of hydrogen-bond donors (Lipinski definition) is 0. The maximum absolute atomic E-state index is 3.56. The lowest BCUT2D eigenvalue weighted by Crippen LogP contribution is -1.91. The Morgan fingerprint density at radius 1 is 0.950 bits per heavy atom. The topological polar surface area (TPSA) is 0 Å². The molecule has 0 N–H and O–H groups in total. The first-order valence-corrected chi connectivity index (χ1v) is 7.82. The van der Waals surface area contributed by atoms with Crippen molar-refractivity contribution >= 4 is 0 Å². The third-order valence-corrected chi connectivity index (χ3v) is 2.13. The molecule has 0 spiro atoms. The van der Waals surface area contributed by atoms with Gasteiger partial charge in [-0.15, -0.1) is 6.58 Å². The highest BCUT2D eigenvalue weighted by molar-refractivity contribution is 5.21. The second-order valence-electron chi connectivity index (χ2n) is 6.86. The molecule has 1 rings (SSSR count). The minimum Gasteiger partial charge on any atom is -0.100 e. The summed E-state index contributed by atoms with van der Waals surface area (Å²) in [7, 11) is 0. The smallest absolute Gasteiger partial charge is 0.0276 e. The van der Waals surface area contributed by atoms with Gasteiger partial charge < -0.3 is 0 Å². The highest BCUT2D eigenvalue weighted by Gasteiger charge is 1.95. The number of allylic oxidation sites excluding steroid dienone is 1. The van der Waals surface area contributed by atoms with Gasteiger partial charge in [-0.25, -0.2) is 0 Å². The van der Waals surface area contributed by atoms with E-state index in [2.05, 4.69) is 72.4 Å². The van der Waals surface area contributed by atoms with Crippen molar-refractivity contribution in [3.8, 4) is 0 Å². The van der Waals surface area contributed by atoms with Gasteiger partial charge in [0.05, 0.1) is 0 Å². The van der Waals surface area contributed by atoms with E-state index in [9.17, 15) is 0 Å². The average Bonchev–Trinajstić information content (AvgIpc) is 2.26. The summed E-state index contributed by atoms with van der Waals surface area (Å²) in [6.45, 7) is 20.7. The van der Waals surface area contributed by atoms with Crippen LogP contribution >= 0.6 is 0 Å². The Hall–Kier alpha value is -1.04. The molecule has 0 saturated heterocycles. The number of aryl methyl sites for hydroxylation is 2. The van der Waals surface area contributed by atoms with Gasteiger partial charge in [0, 0.05) is 0 Å². The Morgan fingerprint density at radius 2 is 1.30 bits per heavy atom. The molecule has 1 aromatic rings. The van der Waals surface area contributed by atoms with E-state index in [1.807, 2.05) is 13.8 Å². The molecule has 0 saturated carbocycles. The van der Waals surface area contributed by atoms with Crippen LogP contribution in [-0.2, 0) is 6.42 Å². The largest absolute Gasteiger partial charge is 0.100 e. The zero-order chi connectivity index (χ0) is 16.1. The second kappa shape index (κ2) is 13.0. The molecule has 0 nitrogen and oxygen atoms in total. The van der Waals surface area contributed by atoms with E-state index in [1.165, 1.54) is 29.5 Å². The molecule has 1 aromatic carbocycles. The van der Waals surface area contributed by atoms with Crippen molar-refractivity contribution < 1.29 is 0 Å². The summed E-state index contributed by atoms with van der Waals surface area (Å²) in [6.07, 6.45) is 2.51. The first-order valence-electron chi connectivity index (χ1n) is 7.82. The molecule has 0 aliphatic rings. The van der Waals surface area contributed by atoms with Crippen LogP contribution in [0, 0.1) is 18.8 Å². The zero-order valence-corrected chi connectivity index (χ0v) is 15.1. The van der Waals surface area contributed by atoms with Crippen LogP contribution in [0.3, 0.4) is 0 Å². The highest BCUT2D eigenvalue weighted by Crippen LogP contribution is 2.09. The molecule has 0 bridgehead atoms. The van der Waals surface area contributed by atoms with E-state index in [0.29, 0.717) is 0 Å². The molecule has 0 radical (unpaired) electrons. The molecule has 0 aliphatic carbocycles. The first-order chi connectivity index (χ1) is 9.15. The van der Waals surface area contributed by atoms with Crippen LogP contribution in [0.2, 0.25) is 0 Å². The van der Waals surface area contributed by atoms with Crippen LogP contribution < -0.4 is 0 Å². The average molecular weight is 277 g/mol. The molecule has 0 aliphatic heterocycles. The molecule has 116 valence electrons. The van der Waals surface area contributed by atoms with E-state index in [1.54, 1.807) is 0 Å². The SMILES string of the molecule is C=C(C)C.CC(C)C.Cc1ccc(CCC(C)C)cc1. The lowest BCUT2D eigenvalue weighted by Gasteiger charge is -2.04. The van der Waals surface area contributed by atoms with Crippen molar-refractivity contribution in [2.45, 2.75) is 68.2 Å². The third kappa shape index (κ3) is 22.2. The normalized spacial score (nSPS) is 9.50. The molecule has 0 fully saturated rings. The first kappa shape index (κ1) is 21.3. The summed E-state index contributed by atoms with van der Waals surface area (Å²) < 4.78 is 0. The Labute approximate surface area is 128 Å². The second-order valence-corrected chi connectivity index (χ2v) is 6.86. The Bertz CT molecular complexity index is 321. The van der Waals surface area contributed by atoms with Crippen LogP contribution in [0.5, 0.6) is 0 Å². The van der Waals surface area contributed by atoms with Crippen molar-refractivity contribution in [1.29, 1.82) is 0 Å². The maximum Gasteiger partial charge on any atom is -0.0276 e. The summed E-state index contributed by atoms with van der Waals surface area (Å²) in [5.41, 5.74) is 3.98. The van der Waals surface area contributed by atoms with Gasteiger partial charge in [-0.3, -0.25) is 0 Å². The van der Waals surface area contributed by atoms with Gasteiger partial charge >= 0.3 is 0 Å². The summed E-state index contributed by atoms with van der Waals surface area (Å²) in [5.74, 6) is 1.64. The van der Waals surface area contributed by atoms with Gasteiger partial charge in [-0.2, -0.15) is 0 Å². The Morgan fingerprint density at radius 3 is 1.60 bits per heavy atom. The Kier molecular flexibility index (Phi) is 13.8. The van der Waals surface area contributed by atoms with Gasteiger partial charge in [-0.1, -0.05) is 70.0 Å². The van der Waals surface area contributed by atoms with E-state index >= 15 is 0 Å². The minimum absolute atomic E-state index is 0.811. The van der Waals surface area contributed by atoms with E-state index < -0.39 is 0 Å².